The molecule has 0 aliphatic carbocycles. The van der Waals surface area contributed by atoms with Crippen LogP contribution in [-0.2, 0) is 13.0 Å². The van der Waals surface area contributed by atoms with E-state index in [0.717, 1.165) is 24.5 Å². The van der Waals surface area contributed by atoms with E-state index in [1.54, 1.807) is 0 Å². The molecule has 3 heteroatoms. The first kappa shape index (κ1) is 11.4. The summed E-state index contributed by atoms with van der Waals surface area (Å²) in [6, 6.07) is 8.79. The van der Waals surface area contributed by atoms with Gasteiger partial charge < -0.3 is 9.73 Å². The molecule has 1 atom stereocenters. The van der Waals surface area contributed by atoms with Crippen LogP contribution in [0, 0.1) is 6.92 Å². The number of hydrogen-bond acceptors (Lipinski definition) is 3. The first-order valence-electron chi connectivity index (χ1n) is 5.55. The number of thiophene rings is 1. The summed E-state index contributed by atoms with van der Waals surface area (Å²) in [6.07, 6.45) is 1.08. The lowest BCUT2D eigenvalue weighted by atomic mass is 10.2. The second kappa shape index (κ2) is 5.32. The van der Waals surface area contributed by atoms with Crippen LogP contribution >= 0.6 is 11.3 Å². The van der Waals surface area contributed by atoms with Crippen molar-refractivity contribution in [2.75, 3.05) is 0 Å². The number of furan rings is 1. The molecule has 0 aliphatic rings. The Hall–Kier alpha value is -1.06. The summed E-state index contributed by atoms with van der Waals surface area (Å²) in [5, 5.41) is 5.59. The third-order valence-corrected chi connectivity index (χ3v) is 3.41. The van der Waals surface area contributed by atoms with Gasteiger partial charge in [0.2, 0.25) is 0 Å². The van der Waals surface area contributed by atoms with E-state index >= 15 is 0 Å². The topological polar surface area (TPSA) is 25.2 Å². The molecular formula is C13H17NOS. The summed E-state index contributed by atoms with van der Waals surface area (Å²) in [5.74, 6) is 1.98. The van der Waals surface area contributed by atoms with E-state index < -0.39 is 0 Å². The monoisotopic (exact) mass is 235 g/mol. The second-order valence-corrected chi connectivity index (χ2v) is 5.11. The third-order valence-electron chi connectivity index (χ3n) is 2.51. The Bertz CT molecular complexity index is 419. The van der Waals surface area contributed by atoms with Gasteiger partial charge in [-0.1, -0.05) is 6.07 Å². The molecule has 1 unspecified atom stereocenters. The molecule has 0 fully saturated rings. The van der Waals surface area contributed by atoms with Gasteiger partial charge in [-0.15, -0.1) is 11.3 Å². The molecule has 0 bridgehead atoms. The zero-order chi connectivity index (χ0) is 11.4. The van der Waals surface area contributed by atoms with Crippen LogP contribution in [0.2, 0.25) is 0 Å². The van der Waals surface area contributed by atoms with Gasteiger partial charge in [-0.3, -0.25) is 0 Å². The molecule has 2 nitrogen and oxygen atoms in total. The van der Waals surface area contributed by atoms with Crippen LogP contribution in [0.1, 0.15) is 23.3 Å². The minimum atomic E-state index is 0.476. The fraction of sp³-hybridized carbons (Fsp3) is 0.385. The highest BCUT2D eigenvalue weighted by Crippen LogP contribution is 2.11. The van der Waals surface area contributed by atoms with Gasteiger partial charge >= 0.3 is 0 Å². The molecule has 2 rings (SSSR count). The van der Waals surface area contributed by atoms with E-state index in [-0.39, 0.29) is 0 Å². The lowest BCUT2D eigenvalue weighted by Crippen LogP contribution is -2.27. The quantitative estimate of drug-likeness (QED) is 0.859. The first-order valence-corrected chi connectivity index (χ1v) is 6.43. The SMILES string of the molecule is Cc1ccc(CNC(C)Cc2cccs2)o1. The minimum Gasteiger partial charge on any atom is -0.465 e. The van der Waals surface area contributed by atoms with Crippen molar-refractivity contribution in [3.8, 4) is 0 Å². The maximum absolute atomic E-state index is 5.51. The molecule has 2 aromatic rings. The fourth-order valence-corrected chi connectivity index (χ4v) is 2.49. The molecule has 2 aromatic heterocycles. The molecule has 16 heavy (non-hydrogen) atoms. The van der Waals surface area contributed by atoms with Gasteiger partial charge in [0.05, 0.1) is 6.54 Å². The van der Waals surface area contributed by atoms with Crippen LogP contribution in [-0.4, -0.2) is 6.04 Å². The molecule has 2 heterocycles. The summed E-state index contributed by atoms with van der Waals surface area (Å²) in [6.45, 7) is 4.98. The van der Waals surface area contributed by atoms with Crippen LogP contribution < -0.4 is 5.32 Å². The summed E-state index contributed by atoms with van der Waals surface area (Å²) in [7, 11) is 0. The minimum absolute atomic E-state index is 0.476. The third kappa shape index (κ3) is 3.22. The van der Waals surface area contributed by atoms with Gasteiger partial charge in [0.25, 0.3) is 0 Å². The Balaban J connectivity index is 1.77. The summed E-state index contributed by atoms with van der Waals surface area (Å²) in [5.41, 5.74) is 0. The van der Waals surface area contributed by atoms with Crippen LogP contribution in [0.3, 0.4) is 0 Å². The van der Waals surface area contributed by atoms with Crippen LogP contribution in [0.25, 0.3) is 0 Å². The van der Waals surface area contributed by atoms with E-state index in [2.05, 4.69) is 29.8 Å². The largest absolute Gasteiger partial charge is 0.465 e. The summed E-state index contributed by atoms with van der Waals surface area (Å²) < 4.78 is 5.51. The van der Waals surface area contributed by atoms with Crippen LogP contribution in [0.15, 0.2) is 34.1 Å². The first-order chi connectivity index (χ1) is 7.74. The zero-order valence-corrected chi connectivity index (χ0v) is 10.5. The van der Waals surface area contributed by atoms with Crippen LogP contribution in [0.5, 0.6) is 0 Å². The van der Waals surface area contributed by atoms with Gasteiger partial charge in [-0.25, -0.2) is 0 Å². The Kier molecular flexibility index (Phi) is 3.80. The predicted molar refractivity (Wildman–Crippen MR) is 67.8 cm³/mol. The van der Waals surface area contributed by atoms with Crippen molar-refractivity contribution in [1.82, 2.24) is 5.32 Å². The van der Waals surface area contributed by atoms with Crippen LogP contribution in [0.4, 0.5) is 0 Å². The Labute approximate surface area is 100 Å². The van der Waals surface area contributed by atoms with Gasteiger partial charge in [0.15, 0.2) is 0 Å². The molecule has 0 aromatic carbocycles. The normalized spacial score (nSPS) is 12.9. The Morgan fingerprint density at radius 2 is 2.25 bits per heavy atom. The average molecular weight is 235 g/mol. The van der Waals surface area contributed by atoms with Crippen molar-refractivity contribution in [2.45, 2.75) is 32.9 Å². The van der Waals surface area contributed by atoms with Gasteiger partial charge in [0, 0.05) is 10.9 Å². The summed E-state index contributed by atoms with van der Waals surface area (Å²) >= 11 is 1.81. The van der Waals surface area contributed by atoms with Gasteiger partial charge in [-0.2, -0.15) is 0 Å². The van der Waals surface area contributed by atoms with Crippen molar-refractivity contribution in [2.24, 2.45) is 0 Å². The van der Waals surface area contributed by atoms with Crippen molar-refractivity contribution >= 4 is 11.3 Å². The Morgan fingerprint density at radius 1 is 1.38 bits per heavy atom. The molecule has 0 spiro atoms. The number of nitrogens with one attached hydrogen (secondary N) is 1. The molecule has 1 N–H and O–H groups in total. The molecule has 0 radical (unpaired) electrons. The van der Waals surface area contributed by atoms with E-state index in [1.807, 2.05) is 30.4 Å². The predicted octanol–water partition coefficient (Wildman–Crippen LogP) is 3.37. The number of hydrogen-bond donors (Lipinski definition) is 1. The molecule has 0 saturated heterocycles. The summed E-state index contributed by atoms with van der Waals surface area (Å²) in [4.78, 5) is 1.43. The van der Waals surface area contributed by atoms with E-state index in [1.165, 1.54) is 4.88 Å². The van der Waals surface area contributed by atoms with Gasteiger partial charge in [-0.05, 0) is 43.8 Å². The highest BCUT2D eigenvalue weighted by atomic mass is 32.1. The Morgan fingerprint density at radius 3 is 2.88 bits per heavy atom. The van der Waals surface area contributed by atoms with E-state index in [4.69, 9.17) is 4.42 Å². The fourth-order valence-electron chi connectivity index (χ4n) is 1.66. The standard InChI is InChI=1S/C13H17NOS/c1-10(8-13-4-3-7-16-13)14-9-12-6-5-11(2)15-12/h3-7,10,14H,8-9H2,1-2H3. The smallest absolute Gasteiger partial charge is 0.117 e. The van der Waals surface area contributed by atoms with Crippen molar-refractivity contribution in [1.29, 1.82) is 0 Å². The second-order valence-electron chi connectivity index (χ2n) is 4.08. The molecule has 0 amide bonds. The molecular weight excluding hydrogens is 218 g/mol. The maximum Gasteiger partial charge on any atom is 0.117 e. The molecule has 0 aliphatic heterocycles. The zero-order valence-electron chi connectivity index (χ0n) is 9.69. The van der Waals surface area contributed by atoms with Crippen molar-refractivity contribution < 1.29 is 4.42 Å². The van der Waals surface area contributed by atoms with E-state index in [0.29, 0.717) is 6.04 Å². The van der Waals surface area contributed by atoms with Crippen molar-refractivity contribution in [3.05, 3.63) is 46.0 Å². The number of aryl methyl sites for hydroxylation is 1. The average Bonchev–Trinajstić information content (AvgIpc) is 2.87. The lowest BCUT2D eigenvalue weighted by molar-refractivity contribution is 0.439. The lowest BCUT2D eigenvalue weighted by Gasteiger charge is -2.11. The number of rotatable bonds is 5. The highest BCUT2D eigenvalue weighted by Gasteiger charge is 2.05. The van der Waals surface area contributed by atoms with E-state index in [9.17, 15) is 0 Å². The molecule has 86 valence electrons. The maximum atomic E-state index is 5.51. The van der Waals surface area contributed by atoms with Gasteiger partial charge in [0.1, 0.15) is 11.5 Å². The van der Waals surface area contributed by atoms with Crippen molar-refractivity contribution in [3.63, 3.8) is 0 Å². The highest BCUT2D eigenvalue weighted by molar-refractivity contribution is 7.09. The molecule has 0 saturated carbocycles.